The molecule has 5 aliphatic rings. The van der Waals surface area contributed by atoms with Gasteiger partial charge in [0.15, 0.2) is 17.9 Å². The van der Waals surface area contributed by atoms with Gasteiger partial charge >= 0.3 is 5.97 Å². The van der Waals surface area contributed by atoms with E-state index in [1.165, 1.54) is 19.6 Å². The second-order valence-corrected chi connectivity index (χ2v) is 26.1. The van der Waals surface area contributed by atoms with E-state index in [0.717, 1.165) is 4.90 Å². The average Bonchev–Trinajstić information content (AvgIpc) is 1.66. The fourth-order valence-electron chi connectivity index (χ4n) is 13.0. The maximum Gasteiger partial charge on any atom is 0.326 e. The number of guanidine groups is 3. The maximum absolute atomic E-state index is 15.0. The topological polar surface area (TPSA) is 721 Å². The van der Waals surface area contributed by atoms with E-state index in [1.54, 1.807) is 0 Å². The number of amides is 14. The van der Waals surface area contributed by atoms with Crippen LogP contribution in [-0.2, 0) is 71.9 Å². The van der Waals surface area contributed by atoms with Gasteiger partial charge in [0.05, 0.1) is 46.1 Å². The number of nitrogens with zero attached hydrogens (tertiary/aromatic N) is 8. The molecule has 0 bridgehead atoms. The van der Waals surface area contributed by atoms with E-state index in [4.69, 9.17) is 45.2 Å². The first kappa shape index (κ1) is 87.3. The van der Waals surface area contributed by atoms with Crippen molar-refractivity contribution < 1.29 is 103 Å². The Kier molecular flexibility index (Phi) is 35.3. The zero-order valence-corrected chi connectivity index (χ0v) is 59.4. The molecule has 5 saturated heterocycles. The first-order valence-corrected chi connectivity index (χ1v) is 35.3. The number of carbonyl (C=O) groups excluding carboxylic acids is 14. The Labute approximate surface area is 614 Å². The Balaban J connectivity index is 1.23. The molecule has 0 unspecified atom stereocenters. The van der Waals surface area contributed by atoms with Gasteiger partial charge in [-0.25, -0.2) is 4.79 Å². The predicted molar refractivity (Wildman–Crippen MR) is 374 cm³/mol. The van der Waals surface area contributed by atoms with Gasteiger partial charge in [-0.2, -0.15) is 0 Å². The molecule has 0 aromatic heterocycles. The Bertz CT molecular complexity index is 3260. The van der Waals surface area contributed by atoms with Crippen molar-refractivity contribution in [3.8, 4) is 0 Å². The van der Waals surface area contributed by atoms with Gasteiger partial charge in [0.25, 0.3) is 0 Å². The molecule has 5 rings (SSSR count). The van der Waals surface area contributed by atoms with Crippen molar-refractivity contribution in [2.75, 3.05) is 98.5 Å². The number of nitrogens with two attached hydrogens (primary N) is 7. The van der Waals surface area contributed by atoms with Crippen LogP contribution in [0.5, 0.6) is 0 Å². The smallest absolute Gasteiger partial charge is 0.326 e. The summed E-state index contributed by atoms with van der Waals surface area (Å²) < 4.78 is 0. The van der Waals surface area contributed by atoms with Crippen LogP contribution in [-0.4, -0.2) is 339 Å². The van der Waals surface area contributed by atoms with Gasteiger partial charge in [-0.3, -0.25) is 82.1 Å². The summed E-state index contributed by atoms with van der Waals surface area (Å²) in [5.74, 6) is -14.3. The van der Waals surface area contributed by atoms with E-state index in [2.05, 4.69) is 52.2 Å². The van der Waals surface area contributed by atoms with E-state index in [-0.39, 0.29) is 154 Å². The number of aliphatic carboxylic acids is 1. The highest BCUT2D eigenvalue weighted by Gasteiger charge is 2.48. The van der Waals surface area contributed by atoms with Gasteiger partial charge in [0, 0.05) is 52.4 Å². The number of hydrogen-bond acceptors (Lipinski definition) is 24. The molecule has 5 heterocycles. The summed E-state index contributed by atoms with van der Waals surface area (Å²) in [6.45, 7) is -6.12. The van der Waals surface area contributed by atoms with Crippen molar-refractivity contribution in [2.24, 2.45) is 55.1 Å². The molecular weight excluding hydrogens is 1420 g/mol. The number of aliphatic hydroxyl groups is 5. The van der Waals surface area contributed by atoms with Gasteiger partial charge in [-0.05, 0) is 103 Å². The largest absolute Gasteiger partial charge is 0.480 e. The number of hydrogen-bond donors (Lipinski definition) is 22. The van der Waals surface area contributed by atoms with Crippen LogP contribution in [0, 0.1) is 0 Å². The maximum atomic E-state index is 15.0. The number of likely N-dealkylation sites (tertiary alicyclic amines) is 5. The lowest BCUT2D eigenvalue weighted by Crippen LogP contribution is -2.60. The summed E-state index contributed by atoms with van der Waals surface area (Å²) in [6, 6.07) is -18.2. The molecule has 0 aromatic rings. The van der Waals surface area contributed by atoms with E-state index >= 15 is 0 Å². The molecule has 0 aromatic carbocycles. The molecule has 0 spiro atoms. The Morgan fingerprint density at radius 3 is 1.10 bits per heavy atom. The second kappa shape index (κ2) is 43.3. The quantitative estimate of drug-likeness (QED) is 0.0154. The van der Waals surface area contributed by atoms with Crippen LogP contribution < -0.4 is 88.0 Å². The zero-order valence-electron chi connectivity index (χ0n) is 59.4. The highest BCUT2D eigenvalue weighted by Crippen LogP contribution is 2.30. The molecule has 5 fully saturated rings. The average molecular weight is 1520 g/mol. The first-order chi connectivity index (χ1) is 50.9. The normalized spacial score (nSPS) is 20.4. The molecule has 598 valence electrons. The number of rotatable bonds is 41. The minimum Gasteiger partial charge on any atom is -0.480 e. The Morgan fingerprint density at radius 1 is 0.355 bits per heavy atom. The van der Waals surface area contributed by atoms with Crippen LogP contribution in [0.15, 0.2) is 15.0 Å². The van der Waals surface area contributed by atoms with Crippen molar-refractivity contribution in [1.82, 2.24) is 72.4 Å². The molecule has 0 saturated carbocycles. The van der Waals surface area contributed by atoms with E-state index in [9.17, 15) is 97.5 Å². The van der Waals surface area contributed by atoms with E-state index in [0.29, 0.717) is 19.3 Å². The summed E-state index contributed by atoms with van der Waals surface area (Å²) in [5.41, 5.74) is 38.4. The molecule has 14 amide bonds. The van der Waals surface area contributed by atoms with Crippen molar-refractivity contribution in [3.63, 3.8) is 0 Å². The van der Waals surface area contributed by atoms with Gasteiger partial charge in [-0.1, -0.05) is 0 Å². The monoisotopic (exact) mass is 1520 g/mol. The van der Waals surface area contributed by atoms with Gasteiger partial charge < -0.3 is 143 Å². The summed E-state index contributed by atoms with van der Waals surface area (Å²) in [7, 11) is 0. The summed E-state index contributed by atoms with van der Waals surface area (Å²) >= 11 is 0. The van der Waals surface area contributed by atoms with Crippen molar-refractivity contribution in [3.05, 3.63) is 0 Å². The van der Waals surface area contributed by atoms with E-state index < -0.39 is 213 Å². The number of carbonyl (C=O) groups is 15. The predicted octanol–water partition coefficient (Wildman–Crippen LogP) is -13.9. The molecule has 13 atom stereocenters. The second-order valence-electron chi connectivity index (χ2n) is 26.1. The molecule has 29 N–H and O–H groups in total. The van der Waals surface area contributed by atoms with Gasteiger partial charge in [0.1, 0.15) is 78.5 Å². The van der Waals surface area contributed by atoms with Crippen LogP contribution >= 0.6 is 0 Å². The fourth-order valence-corrected chi connectivity index (χ4v) is 13.0. The molecule has 0 radical (unpaired) electrons. The summed E-state index contributed by atoms with van der Waals surface area (Å²) in [5, 5.41) is 79.3. The highest BCUT2D eigenvalue weighted by atomic mass is 16.4. The van der Waals surface area contributed by atoms with Crippen LogP contribution in [0.3, 0.4) is 0 Å². The summed E-state index contributed by atoms with van der Waals surface area (Å²) in [6.07, 6.45) is 2.71. The highest BCUT2D eigenvalue weighted by molar-refractivity contribution is 6.01. The number of carboxylic acids is 1. The standard InChI is InChI=1S/C62H104N24O21/c63-32(27-87)47(94)79-37(29-89)50(97)81-38(30-90)51(98)80-36(28-88)48(95)73-25-46(93)76-39(31-91)55(102)85-23-7-14-42(85)56(103)83-21-5-13-41(83)53(100)77-33(9-1-17-70-60(64)65)49(96)78-34(10-2-18-71-61(66)67)54(101)84-22-6-15-43(84)58(105)86-24-8-16-44(86)57(104)82-20-4-12-40(82)52(99)74-26-45(92)75-35(59(106)107)11-3-19-72-62(68)69/h32-44,87-91H,1-31,63H2,(H,73,95)(H,74,99)(H,75,92)(H,76,93)(H,77,100)(H,78,96)(H,79,94)(H,80,98)(H,81,97)(H,106,107)(H4,64,65,70)(H4,66,67,71)(H4,68,69,72)/t32-,33-,34-,35-,36-,37-,38-,39-,40-,41-,42-,43-,44-/m0/s1. The summed E-state index contributed by atoms with van der Waals surface area (Å²) in [4.78, 5) is 222. The van der Waals surface area contributed by atoms with Crippen LogP contribution in [0.4, 0.5) is 0 Å². The van der Waals surface area contributed by atoms with Gasteiger partial charge in [-0.15, -0.1) is 0 Å². The third-order valence-electron chi connectivity index (χ3n) is 18.5. The van der Waals surface area contributed by atoms with Crippen LogP contribution in [0.1, 0.15) is 103 Å². The lowest BCUT2D eigenvalue weighted by atomic mass is 10.0. The SMILES string of the molecule is NC(N)=NCCC[C@H](NC(=O)CNC(=O)[C@@H]1CCCN1C(=O)[C@@H]1CCCN1C(=O)[C@@H]1CCCN1C(=O)[C@H](CCCN=C(N)N)NC(=O)[C@H](CCCN=C(N)N)NC(=O)[C@@H]1CCCN1C(=O)[C@@H]1CCCN1C(=O)[C@H](CO)NC(=O)CNC(=O)[C@H](CO)NC(=O)[C@H](CO)NC(=O)[C@H](CO)NC(=O)[C@@H](N)CO)C(=O)O. The third kappa shape index (κ3) is 25.7. The van der Waals surface area contributed by atoms with Crippen molar-refractivity contribution >= 4 is 107 Å². The first-order valence-electron chi connectivity index (χ1n) is 35.3. The molecule has 45 heteroatoms. The van der Waals surface area contributed by atoms with E-state index in [1.807, 2.05) is 10.6 Å². The number of carboxylic acid groups (broad SMARTS) is 1. The number of aliphatic imine (C=N–C) groups is 3. The molecule has 5 aliphatic heterocycles. The minimum absolute atomic E-state index is 0.00596. The molecule has 107 heavy (non-hydrogen) atoms. The lowest BCUT2D eigenvalue weighted by molar-refractivity contribution is -0.151. The van der Waals surface area contributed by atoms with Crippen molar-refractivity contribution in [1.29, 1.82) is 0 Å². The molecule has 0 aliphatic carbocycles. The zero-order chi connectivity index (χ0) is 79.2. The Morgan fingerprint density at radius 2 is 0.682 bits per heavy atom. The van der Waals surface area contributed by atoms with Crippen molar-refractivity contribution in [2.45, 2.75) is 181 Å². The van der Waals surface area contributed by atoms with Crippen LogP contribution in [0.25, 0.3) is 0 Å². The number of aliphatic hydroxyl groups excluding tert-OH is 5. The fraction of sp³-hybridized carbons (Fsp3) is 0.710. The molecular formula is C62H104N24O21. The van der Waals surface area contributed by atoms with Gasteiger partial charge in [0.2, 0.25) is 82.7 Å². The molecule has 45 nitrogen and oxygen atoms in total. The van der Waals surface area contributed by atoms with Crippen LogP contribution in [0.2, 0.25) is 0 Å². The number of nitrogens with one attached hydrogen (secondary N) is 9. The Hall–Kier alpha value is -10.4. The lowest BCUT2D eigenvalue weighted by Gasteiger charge is -2.35. The minimum atomic E-state index is -1.83. The third-order valence-corrected chi connectivity index (χ3v) is 18.5.